The number of hydrogen-bond donors (Lipinski definition) is 2. The maximum atomic E-state index is 10.8. The lowest BCUT2D eigenvalue weighted by molar-refractivity contribution is -0.146. The zero-order valence-corrected chi connectivity index (χ0v) is 6.49. The number of carbonyl (C=O) groups is 1. The molecule has 0 aliphatic heterocycles. The summed E-state index contributed by atoms with van der Waals surface area (Å²) >= 11 is 0. The van der Waals surface area contributed by atoms with Gasteiger partial charge in [0.15, 0.2) is 0 Å². The Morgan fingerprint density at radius 1 is 1.91 bits per heavy atom. The van der Waals surface area contributed by atoms with Gasteiger partial charge in [0, 0.05) is 0 Å². The molecule has 3 N–H and O–H groups in total. The molecule has 0 saturated carbocycles. The van der Waals surface area contributed by atoms with Gasteiger partial charge in [-0.05, 0) is 6.92 Å². The van der Waals surface area contributed by atoms with E-state index in [-0.39, 0.29) is 6.61 Å². The molecule has 0 aromatic heterocycles. The molecule has 0 aliphatic rings. The van der Waals surface area contributed by atoms with Crippen LogP contribution in [-0.4, -0.2) is 29.8 Å². The third kappa shape index (κ3) is 3.75. The number of hydrogen-bond acceptors (Lipinski definition) is 4. The molecule has 0 bridgehead atoms. The second kappa shape index (κ2) is 4.87. The van der Waals surface area contributed by atoms with Gasteiger partial charge in [0.2, 0.25) is 0 Å². The summed E-state index contributed by atoms with van der Waals surface area (Å²) in [6.45, 7) is 4.91. The molecule has 11 heavy (non-hydrogen) atoms. The third-order valence-electron chi connectivity index (χ3n) is 1.14. The second-order valence-corrected chi connectivity index (χ2v) is 2.19. The second-order valence-electron chi connectivity index (χ2n) is 2.19. The SMILES string of the molecule is C=CCOC(=O)[C@H](N)C(C)O. The first-order chi connectivity index (χ1) is 5.09. The van der Waals surface area contributed by atoms with Crippen molar-refractivity contribution in [2.24, 2.45) is 5.73 Å². The molecule has 64 valence electrons. The summed E-state index contributed by atoms with van der Waals surface area (Å²) in [6, 6.07) is -0.963. The van der Waals surface area contributed by atoms with Crippen molar-refractivity contribution in [2.45, 2.75) is 19.1 Å². The van der Waals surface area contributed by atoms with E-state index in [1.165, 1.54) is 13.0 Å². The maximum Gasteiger partial charge on any atom is 0.325 e. The lowest BCUT2D eigenvalue weighted by Gasteiger charge is -2.12. The Morgan fingerprint density at radius 2 is 2.45 bits per heavy atom. The summed E-state index contributed by atoms with van der Waals surface area (Å²) in [4.78, 5) is 10.8. The monoisotopic (exact) mass is 159 g/mol. The highest BCUT2D eigenvalue weighted by Gasteiger charge is 2.19. The summed E-state index contributed by atoms with van der Waals surface area (Å²) in [5, 5.41) is 8.84. The van der Waals surface area contributed by atoms with Gasteiger partial charge in [-0.15, -0.1) is 0 Å². The standard InChI is InChI=1S/C7H13NO3/c1-3-4-11-7(10)6(8)5(2)9/h3,5-6,9H,1,4,8H2,2H3/t5?,6-/m1/s1. The van der Waals surface area contributed by atoms with Crippen LogP contribution < -0.4 is 5.73 Å². The quantitative estimate of drug-likeness (QED) is 0.425. The van der Waals surface area contributed by atoms with Crippen molar-refractivity contribution in [3.8, 4) is 0 Å². The molecule has 0 amide bonds. The first-order valence-corrected chi connectivity index (χ1v) is 3.30. The fourth-order valence-electron chi connectivity index (χ4n) is 0.434. The normalized spacial score (nSPS) is 15.2. The molecule has 0 rings (SSSR count). The van der Waals surface area contributed by atoms with Crippen molar-refractivity contribution in [2.75, 3.05) is 6.61 Å². The van der Waals surface area contributed by atoms with Gasteiger partial charge in [-0.1, -0.05) is 12.7 Å². The van der Waals surface area contributed by atoms with Crippen LogP contribution in [0.4, 0.5) is 0 Å². The zero-order chi connectivity index (χ0) is 8.85. The van der Waals surface area contributed by atoms with Crippen molar-refractivity contribution in [3.63, 3.8) is 0 Å². The van der Waals surface area contributed by atoms with E-state index in [4.69, 9.17) is 10.8 Å². The van der Waals surface area contributed by atoms with E-state index in [9.17, 15) is 4.79 Å². The van der Waals surface area contributed by atoms with E-state index in [2.05, 4.69) is 11.3 Å². The smallest absolute Gasteiger partial charge is 0.325 e. The van der Waals surface area contributed by atoms with E-state index in [1.54, 1.807) is 0 Å². The summed E-state index contributed by atoms with van der Waals surface area (Å²) in [5.41, 5.74) is 5.24. The van der Waals surface area contributed by atoms with Gasteiger partial charge in [0.05, 0.1) is 6.10 Å². The van der Waals surface area contributed by atoms with Crippen molar-refractivity contribution in [1.82, 2.24) is 0 Å². The number of esters is 1. The Bertz CT molecular complexity index is 145. The predicted octanol–water partition coefficient (Wildman–Crippen LogP) is -0.576. The molecule has 0 saturated heterocycles. The minimum atomic E-state index is -0.963. The highest BCUT2D eigenvalue weighted by molar-refractivity contribution is 5.76. The van der Waals surface area contributed by atoms with Gasteiger partial charge in [0.25, 0.3) is 0 Å². The number of aliphatic hydroxyl groups excluding tert-OH is 1. The minimum Gasteiger partial charge on any atom is -0.460 e. The molecule has 2 atom stereocenters. The lowest BCUT2D eigenvalue weighted by Crippen LogP contribution is -2.41. The number of aliphatic hydroxyl groups is 1. The molecule has 0 heterocycles. The largest absolute Gasteiger partial charge is 0.460 e. The van der Waals surface area contributed by atoms with Crippen molar-refractivity contribution in [3.05, 3.63) is 12.7 Å². The highest BCUT2D eigenvalue weighted by Crippen LogP contribution is 1.92. The summed E-state index contributed by atoms with van der Waals surface area (Å²) < 4.78 is 4.57. The number of carbonyl (C=O) groups excluding carboxylic acids is 1. The molecule has 0 spiro atoms. The van der Waals surface area contributed by atoms with Crippen LogP contribution >= 0.6 is 0 Å². The molecular weight excluding hydrogens is 146 g/mol. The molecule has 0 aromatic carbocycles. The van der Waals surface area contributed by atoms with Crippen LogP contribution in [0.15, 0.2) is 12.7 Å². The molecule has 0 aliphatic carbocycles. The number of nitrogens with two attached hydrogens (primary N) is 1. The molecule has 0 aromatic rings. The van der Waals surface area contributed by atoms with Crippen molar-refractivity contribution < 1.29 is 14.6 Å². The predicted molar refractivity (Wildman–Crippen MR) is 40.8 cm³/mol. The van der Waals surface area contributed by atoms with Crippen LogP contribution in [0, 0.1) is 0 Å². The van der Waals surface area contributed by atoms with Crippen LogP contribution in [-0.2, 0) is 9.53 Å². The van der Waals surface area contributed by atoms with E-state index in [0.717, 1.165) is 0 Å². The van der Waals surface area contributed by atoms with Gasteiger partial charge < -0.3 is 15.6 Å². The summed E-state index contributed by atoms with van der Waals surface area (Å²) in [6.07, 6.45) is 0.555. The first kappa shape index (κ1) is 10.1. The maximum absolute atomic E-state index is 10.8. The van der Waals surface area contributed by atoms with Gasteiger partial charge in [-0.2, -0.15) is 0 Å². The van der Waals surface area contributed by atoms with E-state index in [0.29, 0.717) is 0 Å². The van der Waals surface area contributed by atoms with E-state index in [1.807, 2.05) is 0 Å². The minimum absolute atomic E-state index is 0.124. The lowest BCUT2D eigenvalue weighted by atomic mass is 10.2. The van der Waals surface area contributed by atoms with Gasteiger partial charge >= 0.3 is 5.97 Å². The number of ether oxygens (including phenoxy) is 1. The fourth-order valence-corrected chi connectivity index (χ4v) is 0.434. The molecule has 0 radical (unpaired) electrons. The average Bonchev–Trinajstić information content (AvgIpc) is 1.98. The first-order valence-electron chi connectivity index (χ1n) is 3.30. The third-order valence-corrected chi connectivity index (χ3v) is 1.14. The summed E-state index contributed by atoms with van der Waals surface area (Å²) in [7, 11) is 0. The van der Waals surface area contributed by atoms with E-state index < -0.39 is 18.1 Å². The molecule has 0 fully saturated rings. The Hall–Kier alpha value is -0.870. The van der Waals surface area contributed by atoms with Gasteiger partial charge in [-0.25, -0.2) is 0 Å². The van der Waals surface area contributed by atoms with E-state index >= 15 is 0 Å². The topological polar surface area (TPSA) is 72.5 Å². The average molecular weight is 159 g/mol. The van der Waals surface area contributed by atoms with Crippen LogP contribution in [0.5, 0.6) is 0 Å². The fraction of sp³-hybridized carbons (Fsp3) is 0.571. The van der Waals surface area contributed by atoms with Crippen LogP contribution in [0.1, 0.15) is 6.92 Å². The van der Waals surface area contributed by atoms with Crippen molar-refractivity contribution in [1.29, 1.82) is 0 Å². The van der Waals surface area contributed by atoms with Crippen LogP contribution in [0.25, 0.3) is 0 Å². The Labute approximate surface area is 65.6 Å². The van der Waals surface area contributed by atoms with Gasteiger partial charge in [-0.3, -0.25) is 4.79 Å². The summed E-state index contributed by atoms with van der Waals surface area (Å²) in [5.74, 6) is -0.611. The highest BCUT2D eigenvalue weighted by atomic mass is 16.5. The molecular formula is C7H13NO3. The van der Waals surface area contributed by atoms with Crippen LogP contribution in [0.2, 0.25) is 0 Å². The number of rotatable bonds is 4. The molecule has 4 nitrogen and oxygen atoms in total. The Morgan fingerprint density at radius 3 is 2.82 bits per heavy atom. The van der Waals surface area contributed by atoms with Crippen LogP contribution in [0.3, 0.4) is 0 Å². The zero-order valence-electron chi connectivity index (χ0n) is 6.49. The Kier molecular flexibility index (Phi) is 4.49. The molecule has 4 heteroatoms. The van der Waals surface area contributed by atoms with Gasteiger partial charge in [0.1, 0.15) is 12.6 Å². The molecule has 1 unspecified atom stereocenters. The Balaban J connectivity index is 3.73. The van der Waals surface area contributed by atoms with Crippen molar-refractivity contribution >= 4 is 5.97 Å².